The van der Waals surface area contributed by atoms with Crippen LogP contribution >= 0.6 is 0 Å². The molecular weight excluding hydrogens is 298 g/mol. The highest BCUT2D eigenvalue weighted by Crippen LogP contribution is 2.25. The third-order valence-corrected chi connectivity index (χ3v) is 3.63. The molecule has 0 bridgehead atoms. The molecule has 0 radical (unpaired) electrons. The number of hydrogen-bond donors (Lipinski definition) is 2. The minimum Gasteiger partial charge on any atom is -0.481 e. The Bertz CT molecular complexity index is 589. The lowest BCUT2D eigenvalue weighted by molar-refractivity contribution is -0.143. The maximum absolute atomic E-state index is 12.4. The second-order valence-electron chi connectivity index (χ2n) is 6.09. The fourth-order valence-electron chi connectivity index (χ4n) is 2.52. The van der Waals surface area contributed by atoms with Crippen molar-refractivity contribution in [3.63, 3.8) is 0 Å². The summed E-state index contributed by atoms with van der Waals surface area (Å²) >= 11 is 0. The van der Waals surface area contributed by atoms with Crippen LogP contribution in [-0.4, -0.2) is 46.2 Å². The van der Waals surface area contributed by atoms with Crippen molar-refractivity contribution in [2.75, 3.05) is 18.4 Å². The first-order chi connectivity index (χ1) is 10.9. The van der Waals surface area contributed by atoms with Gasteiger partial charge in [-0.3, -0.25) is 4.79 Å². The molecule has 2 amide bonds. The van der Waals surface area contributed by atoms with Crippen LogP contribution in [0.5, 0.6) is 5.88 Å². The number of aliphatic carboxylic acids is 1. The molecule has 1 atom stereocenters. The number of anilines is 1. The standard InChI is InChI=1S/C16H23N3O4/c1-10(2)23-14-13(7-11(3)8-17-14)18-16(22)19-6-4-5-12(9-19)15(20)21/h7-8,10,12H,4-6,9H2,1-3H3,(H,18,22)(H,20,21). The smallest absolute Gasteiger partial charge is 0.322 e. The Balaban J connectivity index is 2.10. The molecule has 7 nitrogen and oxygen atoms in total. The van der Waals surface area contributed by atoms with Crippen LogP contribution < -0.4 is 10.1 Å². The van der Waals surface area contributed by atoms with E-state index in [1.807, 2.05) is 20.8 Å². The number of hydrogen-bond acceptors (Lipinski definition) is 4. The number of rotatable bonds is 4. The van der Waals surface area contributed by atoms with E-state index in [0.717, 1.165) is 5.56 Å². The van der Waals surface area contributed by atoms with Gasteiger partial charge in [0.15, 0.2) is 0 Å². The van der Waals surface area contributed by atoms with E-state index in [-0.39, 0.29) is 18.7 Å². The number of carbonyl (C=O) groups is 2. The Morgan fingerprint density at radius 1 is 1.48 bits per heavy atom. The van der Waals surface area contributed by atoms with Gasteiger partial charge in [0.1, 0.15) is 5.69 Å². The van der Waals surface area contributed by atoms with Crippen LogP contribution in [0.1, 0.15) is 32.3 Å². The molecule has 2 heterocycles. The molecule has 1 aliphatic rings. The first-order valence-electron chi connectivity index (χ1n) is 7.79. The van der Waals surface area contributed by atoms with Crippen LogP contribution in [0.15, 0.2) is 12.3 Å². The molecule has 126 valence electrons. The highest BCUT2D eigenvalue weighted by Gasteiger charge is 2.28. The van der Waals surface area contributed by atoms with E-state index in [1.54, 1.807) is 12.3 Å². The maximum Gasteiger partial charge on any atom is 0.322 e. The summed E-state index contributed by atoms with van der Waals surface area (Å²) in [4.78, 5) is 29.3. The van der Waals surface area contributed by atoms with E-state index in [9.17, 15) is 9.59 Å². The van der Waals surface area contributed by atoms with E-state index in [2.05, 4.69) is 10.3 Å². The van der Waals surface area contributed by atoms with Gasteiger partial charge >= 0.3 is 12.0 Å². The van der Waals surface area contributed by atoms with Crippen molar-refractivity contribution in [1.82, 2.24) is 9.88 Å². The Kier molecular flexibility index (Phi) is 5.41. The zero-order valence-corrected chi connectivity index (χ0v) is 13.7. The number of aryl methyl sites for hydroxylation is 1. The Morgan fingerprint density at radius 2 is 2.22 bits per heavy atom. The molecule has 2 N–H and O–H groups in total. The largest absolute Gasteiger partial charge is 0.481 e. The number of amides is 2. The van der Waals surface area contributed by atoms with Crippen molar-refractivity contribution in [3.05, 3.63) is 17.8 Å². The monoisotopic (exact) mass is 321 g/mol. The van der Waals surface area contributed by atoms with E-state index >= 15 is 0 Å². The first kappa shape index (κ1) is 17.1. The van der Waals surface area contributed by atoms with Gasteiger partial charge in [-0.15, -0.1) is 0 Å². The van der Waals surface area contributed by atoms with Crippen LogP contribution in [-0.2, 0) is 4.79 Å². The molecule has 0 spiro atoms. The average Bonchev–Trinajstić information content (AvgIpc) is 2.49. The molecule has 0 saturated carbocycles. The summed E-state index contributed by atoms with van der Waals surface area (Å²) < 4.78 is 5.61. The van der Waals surface area contributed by atoms with Crippen LogP contribution in [0.25, 0.3) is 0 Å². The number of piperidine rings is 1. The zero-order valence-electron chi connectivity index (χ0n) is 13.7. The van der Waals surface area contributed by atoms with Gasteiger partial charge in [-0.2, -0.15) is 0 Å². The molecule has 0 aliphatic carbocycles. The van der Waals surface area contributed by atoms with Gasteiger partial charge in [-0.25, -0.2) is 9.78 Å². The van der Waals surface area contributed by atoms with Crippen molar-refractivity contribution < 1.29 is 19.4 Å². The number of carboxylic acid groups (broad SMARTS) is 1. The van der Waals surface area contributed by atoms with Gasteiger partial charge in [0.05, 0.1) is 12.0 Å². The molecular formula is C16H23N3O4. The quantitative estimate of drug-likeness (QED) is 0.889. The molecule has 7 heteroatoms. The Labute approximate surface area is 135 Å². The minimum absolute atomic E-state index is 0.0627. The molecule has 1 aromatic heterocycles. The third kappa shape index (κ3) is 4.58. The van der Waals surface area contributed by atoms with E-state index < -0.39 is 11.9 Å². The minimum atomic E-state index is -0.858. The fourth-order valence-corrected chi connectivity index (χ4v) is 2.52. The summed E-state index contributed by atoms with van der Waals surface area (Å²) in [5.74, 6) is -0.995. The van der Waals surface area contributed by atoms with Crippen LogP contribution in [0.4, 0.5) is 10.5 Å². The maximum atomic E-state index is 12.4. The fraction of sp³-hybridized carbons (Fsp3) is 0.562. The van der Waals surface area contributed by atoms with E-state index in [1.165, 1.54) is 4.90 Å². The number of ether oxygens (including phenoxy) is 1. The van der Waals surface area contributed by atoms with Crippen molar-refractivity contribution in [2.24, 2.45) is 5.92 Å². The third-order valence-electron chi connectivity index (χ3n) is 3.63. The molecule has 1 aromatic rings. The van der Waals surface area contributed by atoms with E-state index in [0.29, 0.717) is 31.0 Å². The molecule has 0 aromatic carbocycles. The summed E-state index contributed by atoms with van der Waals surface area (Å²) in [5.41, 5.74) is 1.40. The lowest BCUT2D eigenvalue weighted by Gasteiger charge is -2.30. The Hall–Kier alpha value is -2.31. The van der Waals surface area contributed by atoms with Crippen LogP contribution in [0.3, 0.4) is 0 Å². The van der Waals surface area contributed by atoms with E-state index in [4.69, 9.17) is 9.84 Å². The van der Waals surface area contributed by atoms with Gasteiger partial charge in [-0.05, 0) is 45.2 Å². The van der Waals surface area contributed by atoms with Gasteiger partial charge in [0.25, 0.3) is 0 Å². The number of pyridine rings is 1. The van der Waals surface area contributed by atoms with Crippen molar-refractivity contribution in [2.45, 2.75) is 39.7 Å². The van der Waals surface area contributed by atoms with Crippen molar-refractivity contribution >= 4 is 17.7 Å². The predicted molar refractivity (Wildman–Crippen MR) is 85.7 cm³/mol. The molecule has 23 heavy (non-hydrogen) atoms. The van der Waals surface area contributed by atoms with Gasteiger partial charge in [-0.1, -0.05) is 0 Å². The molecule has 2 rings (SSSR count). The average molecular weight is 321 g/mol. The Morgan fingerprint density at radius 3 is 2.87 bits per heavy atom. The SMILES string of the molecule is Cc1cnc(OC(C)C)c(NC(=O)N2CCCC(C(=O)O)C2)c1. The zero-order chi connectivity index (χ0) is 17.0. The second kappa shape index (κ2) is 7.30. The summed E-state index contributed by atoms with van der Waals surface area (Å²) in [7, 11) is 0. The highest BCUT2D eigenvalue weighted by atomic mass is 16.5. The number of urea groups is 1. The second-order valence-corrected chi connectivity index (χ2v) is 6.09. The highest BCUT2D eigenvalue weighted by molar-refractivity contribution is 5.91. The number of likely N-dealkylation sites (tertiary alicyclic amines) is 1. The van der Waals surface area contributed by atoms with Crippen molar-refractivity contribution in [3.8, 4) is 5.88 Å². The first-order valence-corrected chi connectivity index (χ1v) is 7.79. The van der Waals surface area contributed by atoms with Crippen LogP contribution in [0, 0.1) is 12.8 Å². The van der Waals surface area contributed by atoms with Gasteiger partial charge in [0, 0.05) is 19.3 Å². The number of carboxylic acids is 1. The van der Waals surface area contributed by atoms with Gasteiger partial charge in [0.2, 0.25) is 5.88 Å². The predicted octanol–water partition coefficient (Wildman–Crippen LogP) is 2.51. The molecule has 1 fully saturated rings. The van der Waals surface area contributed by atoms with Gasteiger partial charge < -0.3 is 20.1 Å². The topological polar surface area (TPSA) is 91.8 Å². The molecule has 1 unspecified atom stereocenters. The summed E-state index contributed by atoms with van der Waals surface area (Å²) in [6.07, 6.45) is 2.90. The number of carbonyl (C=O) groups excluding carboxylic acids is 1. The lowest BCUT2D eigenvalue weighted by Crippen LogP contribution is -2.44. The number of nitrogens with one attached hydrogen (secondary N) is 1. The normalized spacial score (nSPS) is 17.9. The van der Waals surface area contributed by atoms with Crippen LogP contribution in [0.2, 0.25) is 0 Å². The summed E-state index contributed by atoms with van der Waals surface area (Å²) in [6, 6.07) is 1.47. The summed E-state index contributed by atoms with van der Waals surface area (Å²) in [5, 5.41) is 11.9. The number of aromatic nitrogens is 1. The molecule has 1 aliphatic heterocycles. The lowest BCUT2D eigenvalue weighted by atomic mass is 9.99. The molecule has 1 saturated heterocycles. The number of nitrogens with zero attached hydrogens (tertiary/aromatic N) is 2. The summed E-state index contributed by atoms with van der Waals surface area (Å²) in [6.45, 7) is 6.42. The van der Waals surface area contributed by atoms with Crippen molar-refractivity contribution in [1.29, 1.82) is 0 Å².